The molecule has 1 aromatic heterocycles. The highest BCUT2D eigenvalue weighted by Gasteiger charge is 2.56. The number of nitrogens with one attached hydrogen (secondary N) is 2. The fraction of sp³-hybridized carbons (Fsp3) is 0.286. The Labute approximate surface area is 204 Å². The number of para-hydroxylation sites is 2. The Morgan fingerprint density at radius 1 is 0.914 bits per heavy atom. The van der Waals surface area contributed by atoms with E-state index in [9.17, 15) is 19.5 Å². The van der Waals surface area contributed by atoms with Gasteiger partial charge in [0, 0.05) is 36.1 Å². The van der Waals surface area contributed by atoms with Crippen LogP contribution in [-0.4, -0.2) is 33.3 Å². The van der Waals surface area contributed by atoms with E-state index in [1.54, 1.807) is 42.7 Å². The average molecular weight is 472 g/mol. The Hall–Kier alpha value is -3.84. The molecule has 1 aliphatic carbocycles. The van der Waals surface area contributed by atoms with Gasteiger partial charge in [0.2, 0.25) is 11.8 Å². The molecule has 1 aliphatic rings. The van der Waals surface area contributed by atoms with Gasteiger partial charge in [-0.05, 0) is 55.7 Å². The van der Waals surface area contributed by atoms with Crippen molar-refractivity contribution in [3.8, 4) is 0 Å². The number of aliphatic hydroxyl groups is 1. The molecule has 0 spiro atoms. The molecule has 4 unspecified atom stereocenters. The molecular formula is C28H29N3O4. The minimum absolute atomic E-state index is 0.318. The molecule has 2 aromatic carbocycles. The summed E-state index contributed by atoms with van der Waals surface area (Å²) in [6.45, 7) is 5.21. The number of amides is 2. The Bertz CT molecular complexity index is 1260. The van der Waals surface area contributed by atoms with E-state index >= 15 is 0 Å². The van der Waals surface area contributed by atoms with Crippen molar-refractivity contribution in [2.45, 2.75) is 38.7 Å². The Morgan fingerprint density at radius 2 is 1.49 bits per heavy atom. The van der Waals surface area contributed by atoms with Crippen molar-refractivity contribution in [1.29, 1.82) is 0 Å². The number of anilines is 2. The lowest BCUT2D eigenvalue weighted by Gasteiger charge is -2.44. The predicted molar refractivity (Wildman–Crippen MR) is 134 cm³/mol. The molecule has 4 rings (SSSR count). The van der Waals surface area contributed by atoms with E-state index < -0.39 is 41.0 Å². The number of Topliss-reactive ketones (excluding diaryl/α,β-unsaturated/α-hetero) is 1. The fourth-order valence-corrected chi connectivity index (χ4v) is 4.91. The topological polar surface area (TPSA) is 108 Å². The van der Waals surface area contributed by atoms with Crippen molar-refractivity contribution < 1.29 is 19.5 Å². The Morgan fingerprint density at radius 3 is 2.03 bits per heavy atom. The lowest BCUT2D eigenvalue weighted by Crippen LogP contribution is -2.56. The molecule has 7 heteroatoms. The second-order valence-corrected chi connectivity index (χ2v) is 9.38. The predicted octanol–water partition coefficient (Wildman–Crippen LogP) is 4.02. The van der Waals surface area contributed by atoms with Crippen LogP contribution in [0, 0.1) is 25.7 Å². The number of carbonyl (C=O) groups excluding carboxylic acids is 3. The summed E-state index contributed by atoms with van der Waals surface area (Å²) in [5.74, 6) is -4.55. The van der Waals surface area contributed by atoms with Crippen molar-refractivity contribution in [3.05, 3.63) is 89.7 Å². The highest BCUT2D eigenvalue weighted by atomic mass is 16.3. The summed E-state index contributed by atoms with van der Waals surface area (Å²) in [6.07, 6.45) is 2.81. The molecular weight excluding hydrogens is 442 g/mol. The fourth-order valence-electron chi connectivity index (χ4n) is 4.91. The second-order valence-electron chi connectivity index (χ2n) is 9.38. The van der Waals surface area contributed by atoms with Crippen molar-refractivity contribution in [3.63, 3.8) is 0 Å². The van der Waals surface area contributed by atoms with Gasteiger partial charge in [-0.25, -0.2) is 0 Å². The lowest BCUT2D eigenvalue weighted by molar-refractivity contribution is -0.150. The molecule has 2 amide bonds. The maximum absolute atomic E-state index is 13.7. The maximum atomic E-state index is 13.7. The van der Waals surface area contributed by atoms with Crippen LogP contribution >= 0.6 is 0 Å². The zero-order valence-electron chi connectivity index (χ0n) is 20.0. The SMILES string of the molecule is Cc1ccccc1NC(=O)C1C(=O)CC(C)(O)C(C(=O)Nc2ccccc2C)C1c1cccnc1. The molecule has 7 nitrogen and oxygen atoms in total. The summed E-state index contributed by atoms with van der Waals surface area (Å²) >= 11 is 0. The van der Waals surface area contributed by atoms with Gasteiger partial charge in [0.1, 0.15) is 11.7 Å². The molecule has 1 heterocycles. The molecule has 0 radical (unpaired) electrons. The van der Waals surface area contributed by atoms with Gasteiger partial charge >= 0.3 is 0 Å². The van der Waals surface area contributed by atoms with Crippen LogP contribution in [0.15, 0.2) is 73.1 Å². The largest absolute Gasteiger partial charge is 0.389 e. The molecule has 1 fully saturated rings. The number of nitrogens with zero attached hydrogens (tertiary/aromatic N) is 1. The summed E-state index contributed by atoms with van der Waals surface area (Å²) < 4.78 is 0. The minimum atomic E-state index is -1.66. The van der Waals surface area contributed by atoms with E-state index in [1.165, 1.54) is 6.92 Å². The van der Waals surface area contributed by atoms with Crippen LogP contribution in [0.4, 0.5) is 11.4 Å². The van der Waals surface area contributed by atoms with Gasteiger partial charge in [0.15, 0.2) is 0 Å². The third-order valence-electron chi connectivity index (χ3n) is 6.71. The highest BCUT2D eigenvalue weighted by Crippen LogP contribution is 2.46. The van der Waals surface area contributed by atoms with Crippen molar-refractivity contribution in [2.24, 2.45) is 11.8 Å². The number of hydrogen-bond donors (Lipinski definition) is 3. The number of aromatic nitrogens is 1. The van der Waals surface area contributed by atoms with Crippen molar-refractivity contribution in [2.75, 3.05) is 10.6 Å². The van der Waals surface area contributed by atoms with Gasteiger partial charge in [-0.2, -0.15) is 0 Å². The number of aryl methyl sites for hydroxylation is 2. The molecule has 0 saturated heterocycles. The number of carbonyl (C=O) groups is 3. The van der Waals surface area contributed by atoms with Gasteiger partial charge < -0.3 is 15.7 Å². The maximum Gasteiger partial charge on any atom is 0.235 e. The summed E-state index contributed by atoms with van der Waals surface area (Å²) in [7, 11) is 0. The van der Waals surface area contributed by atoms with Crippen molar-refractivity contribution >= 4 is 29.0 Å². The van der Waals surface area contributed by atoms with Crippen LogP contribution in [0.1, 0.15) is 36.0 Å². The first-order valence-corrected chi connectivity index (χ1v) is 11.6. The summed E-state index contributed by atoms with van der Waals surface area (Å²) in [5, 5.41) is 17.1. The van der Waals surface area contributed by atoms with E-state index in [4.69, 9.17) is 0 Å². The third kappa shape index (κ3) is 5.00. The van der Waals surface area contributed by atoms with Crippen molar-refractivity contribution in [1.82, 2.24) is 4.98 Å². The van der Waals surface area contributed by atoms with E-state index in [-0.39, 0.29) is 6.42 Å². The molecule has 35 heavy (non-hydrogen) atoms. The van der Waals surface area contributed by atoms with Crippen LogP contribution in [0.3, 0.4) is 0 Å². The number of ketones is 1. The molecule has 180 valence electrons. The van der Waals surface area contributed by atoms with Crippen LogP contribution in [0.25, 0.3) is 0 Å². The van der Waals surface area contributed by atoms with Crippen LogP contribution in [-0.2, 0) is 14.4 Å². The summed E-state index contributed by atoms with van der Waals surface area (Å²) in [4.78, 5) is 44.7. The minimum Gasteiger partial charge on any atom is -0.389 e. The molecule has 0 aliphatic heterocycles. The van der Waals surface area contributed by atoms with Gasteiger partial charge in [-0.3, -0.25) is 19.4 Å². The normalized spacial score (nSPS) is 24.0. The van der Waals surface area contributed by atoms with Gasteiger partial charge in [0.05, 0.1) is 11.5 Å². The molecule has 4 atom stereocenters. The van der Waals surface area contributed by atoms with Crippen LogP contribution < -0.4 is 10.6 Å². The Balaban J connectivity index is 1.76. The zero-order chi connectivity index (χ0) is 25.2. The molecule has 3 N–H and O–H groups in total. The average Bonchev–Trinajstić information content (AvgIpc) is 2.81. The number of pyridine rings is 1. The first kappa shape index (κ1) is 24.3. The standard InChI is InChI=1S/C28H29N3O4/c1-17-9-4-6-12-20(17)30-26(33)24-22(32)15-28(3,35)25(23(24)19-11-8-14-29-16-19)27(34)31-21-13-7-5-10-18(21)2/h4-14,16,23-25,35H,15H2,1-3H3,(H,30,33)(H,31,34). The Kier molecular flexibility index (Phi) is 6.80. The molecule has 0 bridgehead atoms. The van der Waals surface area contributed by atoms with E-state index in [0.717, 1.165) is 11.1 Å². The number of benzene rings is 2. The smallest absolute Gasteiger partial charge is 0.235 e. The summed E-state index contributed by atoms with van der Waals surface area (Å²) in [6, 6.07) is 18.0. The van der Waals surface area contributed by atoms with Crippen LogP contribution in [0.5, 0.6) is 0 Å². The third-order valence-corrected chi connectivity index (χ3v) is 6.71. The van der Waals surface area contributed by atoms with Crippen LogP contribution in [0.2, 0.25) is 0 Å². The van der Waals surface area contributed by atoms with Gasteiger partial charge in [-0.15, -0.1) is 0 Å². The number of rotatable bonds is 5. The second kappa shape index (κ2) is 9.80. The van der Waals surface area contributed by atoms with E-state index in [1.807, 2.05) is 44.2 Å². The zero-order valence-corrected chi connectivity index (χ0v) is 20.0. The first-order chi connectivity index (χ1) is 16.7. The molecule has 1 saturated carbocycles. The molecule has 3 aromatic rings. The highest BCUT2D eigenvalue weighted by molar-refractivity contribution is 6.10. The summed E-state index contributed by atoms with van der Waals surface area (Å²) in [5.41, 5.74) is 1.78. The van der Waals surface area contributed by atoms with E-state index in [0.29, 0.717) is 16.9 Å². The van der Waals surface area contributed by atoms with Gasteiger partial charge in [-0.1, -0.05) is 42.5 Å². The van der Waals surface area contributed by atoms with Gasteiger partial charge in [0.25, 0.3) is 0 Å². The number of hydrogen-bond acceptors (Lipinski definition) is 5. The van der Waals surface area contributed by atoms with E-state index in [2.05, 4.69) is 15.6 Å². The monoisotopic (exact) mass is 471 g/mol. The first-order valence-electron chi connectivity index (χ1n) is 11.6. The quantitative estimate of drug-likeness (QED) is 0.487. The lowest BCUT2D eigenvalue weighted by atomic mass is 9.61.